The molecule has 1 aliphatic rings. The van der Waals surface area contributed by atoms with Crippen molar-refractivity contribution in [1.29, 1.82) is 0 Å². The lowest BCUT2D eigenvalue weighted by atomic mass is 10.2. The van der Waals surface area contributed by atoms with Gasteiger partial charge in [-0.25, -0.2) is 0 Å². The van der Waals surface area contributed by atoms with Crippen molar-refractivity contribution < 1.29 is 4.79 Å². The zero-order valence-corrected chi connectivity index (χ0v) is 9.78. The molecule has 1 amide bonds. The predicted octanol–water partition coefficient (Wildman–Crippen LogP) is 1.21. The highest BCUT2D eigenvalue weighted by molar-refractivity contribution is 7.09. The maximum atomic E-state index is 11.9. The molecule has 1 aromatic carbocycles. The van der Waals surface area contributed by atoms with Crippen LogP contribution in [0.1, 0.15) is 11.3 Å². The standard InChI is InChI=1S/C11H10N4OS/c12-11-8(13-14-17-11)6-15-9-4-2-1-3-7(9)5-10(15)16/h1-4H,5-6,12H2. The smallest absolute Gasteiger partial charge is 0.231 e. The summed E-state index contributed by atoms with van der Waals surface area (Å²) in [4.78, 5) is 13.6. The van der Waals surface area contributed by atoms with E-state index in [0.717, 1.165) is 22.8 Å². The van der Waals surface area contributed by atoms with Crippen LogP contribution in [-0.2, 0) is 17.8 Å². The highest BCUT2D eigenvalue weighted by atomic mass is 32.1. The van der Waals surface area contributed by atoms with Crippen molar-refractivity contribution in [3.63, 3.8) is 0 Å². The second-order valence-corrected chi connectivity index (χ2v) is 4.65. The zero-order valence-electron chi connectivity index (χ0n) is 8.96. The topological polar surface area (TPSA) is 72.1 Å². The lowest BCUT2D eigenvalue weighted by molar-refractivity contribution is -0.117. The number of aromatic nitrogens is 2. The van der Waals surface area contributed by atoms with Crippen molar-refractivity contribution in [2.45, 2.75) is 13.0 Å². The molecule has 0 unspecified atom stereocenters. The highest BCUT2D eigenvalue weighted by Gasteiger charge is 2.27. The van der Waals surface area contributed by atoms with Gasteiger partial charge >= 0.3 is 0 Å². The number of nitrogens with zero attached hydrogens (tertiary/aromatic N) is 3. The molecular weight excluding hydrogens is 236 g/mol. The van der Waals surface area contributed by atoms with Gasteiger partial charge in [-0.1, -0.05) is 22.7 Å². The summed E-state index contributed by atoms with van der Waals surface area (Å²) in [5.41, 5.74) is 8.41. The van der Waals surface area contributed by atoms with Crippen LogP contribution in [0.15, 0.2) is 24.3 Å². The highest BCUT2D eigenvalue weighted by Crippen LogP contribution is 2.30. The third kappa shape index (κ3) is 1.66. The number of benzene rings is 1. The van der Waals surface area contributed by atoms with E-state index in [4.69, 9.17) is 5.73 Å². The number of amides is 1. The van der Waals surface area contributed by atoms with Gasteiger partial charge in [-0.15, -0.1) is 5.10 Å². The van der Waals surface area contributed by atoms with Gasteiger partial charge in [0.05, 0.1) is 13.0 Å². The molecular formula is C11H10N4OS. The van der Waals surface area contributed by atoms with Gasteiger partial charge in [0.25, 0.3) is 0 Å². The number of hydrogen-bond acceptors (Lipinski definition) is 5. The summed E-state index contributed by atoms with van der Waals surface area (Å²) in [6.07, 6.45) is 0.452. The number of carbonyl (C=O) groups is 1. The van der Waals surface area contributed by atoms with Crippen molar-refractivity contribution in [2.24, 2.45) is 0 Å². The van der Waals surface area contributed by atoms with Crippen molar-refractivity contribution >= 4 is 28.1 Å². The second-order valence-electron chi connectivity index (χ2n) is 3.87. The number of hydrogen-bond donors (Lipinski definition) is 1. The number of carbonyl (C=O) groups excluding carboxylic acids is 1. The van der Waals surface area contributed by atoms with Crippen LogP contribution in [0.3, 0.4) is 0 Å². The van der Waals surface area contributed by atoms with E-state index in [1.807, 2.05) is 24.3 Å². The molecule has 0 spiro atoms. The van der Waals surface area contributed by atoms with E-state index in [1.165, 1.54) is 0 Å². The summed E-state index contributed by atoms with van der Waals surface area (Å²) in [5, 5.41) is 4.51. The summed E-state index contributed by atoms with van der Waals surface area (Å²) in [6, 6.07) is 7.77. The first kappa shape index (κ1) is 10.2. The Morgan fingerprint density at radius 2 is 2.24 bits per heavy atom. The molecule has 0 aliphatic carbocycles. The van der Waals surface area contributed by atoms with Gasteiger partial charge in [-0.05, 0) is 11.6 Å². The van der Waals surface area contributed by atoms with Crippen LogP contribution in [0, 0.1) is 0 Å². The molecule has 2 heterocycles. The van der Waals surface area contributed by atoms with Gasteiger partial charge in [-0.3, -0.25) is 4.79 Å². The Hall–Kier alpha value is -1.95. The molecule has 0 saturated carbocycles. The van der Waals surface area contributed by atoms with Crippen molar-refractivity contribution in [2.75, 3.05) is 10.6 Å². The Balaban J connectivity index is 1.94. The maximum absolute atomic E-state index is 11.9. The van der Waals surface area contributed by atoms with E-state index in [0.29, 0.717) is 23.7 Å². The summed E-state index contributed by atoms with van der Waals surface area (Å²) in [5.74, 6) is 0.0820. The van der Waals surface area contributed by atoms with Gasteiger partial charge in [0.2, 0.25) is 5.91 Å². The number of fused-ring (bicyclic) bond motifs is 1. The van der Waals surface area contributed by atoms with Crippen LogP contribution in [0.25, 0.3) is 0 Å². The molecule has 2 N–H and O–H groups in total. The third-order valence-electron chi connectivity index (χ3n) is 2.82. The molecule has 6 heteroatoms. The Morgan fingerprint density at radius 1 is 1.41 bits per heavy atom. The normalized spacial score (nSPS) is 14.1. The van der Waals surface area contributed by atoms with E-state index in [2.05, 4.69) is 9.59 Å². The van der Waals surface area contributed by atoms with Gasteiger partial charge in [-0.2, -0.15) is 0 Å². The van der Waals surface area contributed by atoms with Crippen LogP contribution in [0.5, 0.6) is 0 Å². The van der Waals surface area contributed by atoms with Gasteiger partial charge in [0.1, 0.15) is 10.7 Å². The number of para-hydroxylation sites is 1. The molecule has 1 aromatic heterocycles. The molecule has 5 nitrogen and oxygen atoms in total. The number of nitrogen functional groups attached to an aromatic ring is 1. The number of rotatable bonds is 2. The molecule has 2 aromatic rings. The minimum Gasteiger partial charge on any atom is -0.388 e. The average molecular weight is 246 g/mol. The van der Waals surface area contributed by atoms with Crippen LogP contribution >= 0.6 is 11.5 Å². The SMILES string of the molecule is Nc1snnc1CN1C(=O)Cc2ccccc21. The molecule has 86 valence electrons. The monoisotopic (exact) mass is 246 g/mol. The molecule has 1 aliphatic heterocycles. The Labute approximate surface area is 102 Å². The fourth-order valence-corrected chi connectivity index (χ4v) is 2.40. The van der Waals surface area contributed by atoms with E-state index in [-0.39, 0.29) is 5.91 Å². The Morgan fingerprint density at radius 3 is 3.00 bits per heavy atom. The number of anilines is 2. The van der Waals surface area contributed by atoms with Crippen molar-refractivity contribution in [3.05, 3.63) is 35.5 Å². The summed E-state index contributed by atoms with van der Waals surface area (Å²) in [7, 11) is 0. The molecule has 0 fully saturated rings. The summed E-state index contributed by atoms with van der Waals surface area (Å²) >= 11 is 1.15. The Kier molecular flexibility index (Phi) is 2.29. The lowest BCUT2D eigenvalue weighted by Crippen LogP contribution is -2.26. The molecule has 0 radical (unpaired) electrons. The van der Waals surface area contributed by atoms with Crippen LogP contribution in [0.4, 0.5) is 10.7 Å². The molecule has 17 heavy (non-hydrogen) atoms. The van der Waals surface area contributed by atoms with Crippen LogP contribution < -0.4 is 10.6 Å². The molecule has 0 atom stereocenters. The fourth-order valence-electron chi connectivity index (χ4n) is 1.96. The third-order valence-corrected chi connectivity index (χ3v) is 3.41. The van der Waals surface area contributed by atoms with E-state index < -0.39 is 0 Å². The van der Waals surface area contributed by atoms with Crippen LogP contribution in [-0.4, -0.2) is 15.5 Å². The molecule has 3 rings (SSSR count). The minimum absolute atomic E-state index is 0.0820. The Bertz CT molecular complexity index is 580. The molecule has 0 bridgehead atoms. The van der Waals surface area contributed by atoms with Crippen molar-refractivity contribution in [1.82, 2.24) is 9.59 Å². The first-order chi connectivity index (χ1) is 8.25. The number of nitrogens with two attached hydrogens (primary N) is 1. The second kappa shape index (κ2) is 3.81. The predicted molar refractivity (Wildman–Crippen MR) is 65.7 cm³/mol. The first-order valence-electron chi connectivity index (χ1n) is 5.20. The lowest BCUT2D eigenvalue weighted by Gasteiger charge is -2.15. The molecule has 0 saturated heterocycles. The summed E-state index contributed by atoms with van der Waals surface area (Å²) < 4.78 is 3.77. The first-order valence-corrected chi connectivity index (χ1v) is 5.98. The maximum Gasteiger partial charge on any atom is 0.231 e. The van der Waals surface area contributed by atoms with Gasteiger partial charge in [0, 0.05) is 17.2 Å². The van der Waals surface area contributed by atoms with E-state index >= 15 is 0 Å². The largest absolute Gasteiger partial charge is 0.388 e. The minimum atomic E-state index is 0.0820. The average Bonchev–Trinajstić information content (AvgIpc) is 2.85. The van der Waals surface area contributed by atoms with Gasteiger partial charge in [0.15, 0.2) is 0 Å². The summed E-state index contributed by atoms with van der Waals surface area (Å²) in [6.45, 7) is 0.401. The fraction of sp³-hybridized carbons (Fsp3) is 0.182. The van der Waals surface area contributed by atoms with E-state index in [9.17, 15) is 4.79 Å². The van der Waals surface area contributed by atoms with Crippen LogP contribution in [0.2, 0.25) is 0 Å². The van der Waals surface area contributed by atoms with Gasteiger partial charge < -0.3 is 10.6 Å². The quantitative estimate of drug-likeness (QED) is 0.864. The van der Waals surface area contributed by atoms with E-state index in [1.54, 1.807) is 4.90 Å². The zero-order chi connectivity index (χ0) is 11.8. The van der Waals surface area contributed by atoms with Crippen molar-refractivity contribution in [3.8, 4) is 0 Å².